The molecule has 188 valence electrons. The summed E-state index contributed by atoms with van der Waals surface area (Å²) in [6.45, 7) is -1.75. The van der Waals surface area contributed by atoms with Gasteiger partial charge in [-0.2, -0.15) is 0 Å². The lowest BCUT2D eigenvalue weighted by atomic mass is 9.92. The number of carbonyl (C=O) groups is 1. The molecule has 32 heavy (non-hydrogen) atoms. The van der Waals surface area contributed by atoms with E-state index < -0.39 is 94.3 Å². The number of phosphoric acid groups is 1. The summed E-state index contributed by atoms with van der Waals surface area (Å²) in [5.41, 5.74) is 5.52. The van der Waals surface area contributed by atoms with Crippen LogP contribution in [0.1, 0.15) is 6.42 Å². The number of rotatable bonds is 8. The SMILES string of the molecule is COC(=O)C1(OC[C@H]2OC(O)[C@H](N)[C@@H](O)[C@@H]2OP(=O)(O)O)C[C@@H](O)[C@@H](O)[C@@H]([C@H](O)CO)O1. The number of hydrogen-bond donors (Lipinski definition) is 9. The highest BCUT2D eigenvalue weighted by atomic mass is 31.2. The smallest absolute Gasteiger partial charge is 0.465 e. The zero-order chi connectivity index (χ0) is 24.4. The molecule has 0 radical (unpaired) electrons. The van der Waals surface area contributed by atoms with E-state index in [0.29, 0.717) is 0 Å². The van der Waals surface area contributed by atoms with E-state index in [4.69, 9.17) is 34.8 Å². The number of carbonyl (C=O) groups excluding carboxylic acids is 1. The molecule has 0 aromatic carbocycles. The van der Waals surface area contributed by atoms with Gasteiger partial charge in [0.15, 0.2) is 6.29 Å². The predicted octanol–water partition coefficient (Wildman–Crippen LogP) is -5.38. The second kappa shape index (κ2) is 10.6. The summed E-state index contributed by atoms with van der Waals surface area (Å²) in [6, 6.07) is -1.51. The average Bonchev–Trinajstić information content (AvgIpc) is 2.73. The quantitative estimate of drug-likeness (QED) is 0.113. The van der Waals surface area contributed by atoms with Gasteiger partial charge < -0.3 is 65.1 Å². The summed E-state index contributed by atoms with van der Waals surface area (Å²) in [5.74, 6) is -3.72. The molecule has 2 aliphatic heterocycles. The van der Waals surface area contributed by atoms with Crippen LogP contribution in [0.2, 0.25) is 0 Å². The summed E-state index contributed by atoms with van der Waals surface area (Å²) in [7, 11) is -4.25. The molecule has 2 aliphatic rings. The van der Waals surface area contributed by atoms with Crippen LogP contribution in [0, 0.1) is 0 Å². The molecular formula is C15H28NO15P. The fourth-order valence-corrected chi connectivity index (χ4v) is 3.97. The van der Waals surface area contributed by atoms with E-state index in [1.165, 1.54) is 0 Å². The summed E-state index contributed by atoms with van der Waals surface area (Å²) in [6.07, 6.45) is -14.7. The van der Waals surface area contributed by atoms with Crippen LogP contribution < -0.4 is 5.73 Å². The summed E-state index contributed by atoms with van der Waals surface area (Å²) in [5, 5.41) is 59.3. The van der Waals surface area contributed by atoms with Crippen molar-refractivity contribution in [1.82, 2.24) is 0 Å². The van der Waals surface area contributed by atoms with Crippen molar-refractivity contribution in [1.29, 1.82) is 0 Å². The van der Waals surface area contributed by atoms with Crippen molar-refractivity contribution in [2.24, 2.45) is 5.73 Å². The lowest BCUT2D eigenvalue weighted by Gasteiger charge is -2.46. The standard InChI is InChI=1S/C15H28NO15P/c1-27-14(23)15(2-5(18)9(20)11(30-15)6(19)3-17)28-4-7-12(31-32(24,25)26)10(21)8(16)13(22)29-7/h5-13,17-22H,2-4,16H2,1H3,(H2,24,25,26)/t5-,6-,7-,8-,9-,10-,11-,12-,13?,15?/m1/s1. The average molecular weight is 493 g/mol. The van der Waals surface area contributed by atoms with E-state index in [9.17, 15) is 34.9 Å². The van der Waals surface area contributed by atoms with Crippen LogP contribution in [-0.2, 0) is 32.8 Å². The third-order valence-electron chi connectivity index (χ3n) is 5.08. The van der Waals surface area contributed by atoms with Crippen LogP contribution in [0.3, 0.4) is 0 Å². The summed E-state index contributed by atoms with van der Waals surface area (Å²) in [4.78, 5) is 30.6. The Balaban J connectivity index is 2.30. The number of aliphatic hydroxyl groups is 6. The maximum atomic E-state index is 12.4. The highest BCUT2D eigenvalue weighted by Gasteiger charge is 2.56. The number of hydrogen-bond acceptors (Lipinski definition) is 14. The van der Waals surface area contributed by atoms with Gasteiger partial charge in [-0.3, -0.25) is 4.52 Å². The van der Waals surface area contributed by atoms with Crippen molar-refractivity contribution in [3.8, 4) is 0 Å². The summed E-state index contributed by atoms with van der Waals surface area (Å²) >= 11 is 0. The zero-order valence-corrected chi connectivity index (χ0v) is 17.7. The molecule has 10 atom stereocenters. The van der Waals surface area contributed by atoms with Gasteiger partial charge in [0.25, 0.3) is 5.79 Å². The lowest BCUT2D eigenvalue weighted by molar-refractivity contribution is -0.337. The molecule has 2 saturated heterocycles. The maximum absolute atomic E-state index is 12.4. The number of esters is 1. The van der Waals surface area contributed by atoms with Crippen LogP contribution in [-0.4, -0.2) is 128 Å². The first kappa shape index (κ1) is 27.4. The van der Waals surface area contributed by atoms with Gasteiger partial charge in [-0.25, -0.2) is 9.36 Å². The molecule has 0 bridgehead atoms. The number of aliphatic hydroxyl groups excluding tert-OH is 6. The fraction of sp³-hybridized carbons (Fsp3) is 0.933. The van der Waals surface area contributed by atoms with E-state index in [0.717, 1.165) is 7.11 Å². The van der Waals surface area contributed by atoms with Gasteiger partial charge >= 0.3 is 13.8 Å². The van der Waals surface area contributed by atoms with Crippen LogP contribution in [0.25, 0.3) is 0 Å². The van der Waals surface area contributed by atoms with Crippen molar-refractivity contribution >= 4 is 13.8 Å². The minimum Gasteiger partial charge on any atom is -0.465 e. The summed E-state index contributed by atoms with van der Waals surface area (Å²) < 4.78 is 36.2. The van der Waals surface area contributed by atoms with Gasteiger partial charge in [0, 0.05) is 6.42 Å². The Kier molecular flexibility index (Phi) is 9.11. The first-order valence-corrected chi connectivity index (χ1v) is 10.9. The molecule has 0 aromatic heterocycles. The molecule has 2 unspecified atom stereocenters. The van der Waals surface area contributed by atoms with Crippen molar-refractivity contribution < 1.29 is 73.3 Å². The Labute approximate surface area is 181 Å². The van der Waals surface area contributed by atoms with Crippen molar-refractivity contribution in [2.75, 3.05) is 20.3 Å². The van der Waals surface area contributed by atoms with Crippen LogP contribution in [0.5, 0.6) is 0 Å². The zero-order valence-electron chi connectivity index (χ0n) is 16.8. The van der Waals surface area contributed by atoms with E-state index in [-0.39, 0.29) is 0 Å². The Morgan fingerprint density at radius 1 is 1.25 bits per heavy atom. The second-order valence-electron chi connectivity index (χ2n) is 7.34. The topological polar surface area (TPSA) is 268 Å². The minimum absolute atomic E-state index is 0.725. The Hall–Kier alpha value is -0.820. The van der Waals surface area contributed by atoms with Crippen LogP contribution in [0.4, 0.5) is 0 Å². The van der Waals surface area contributed by atoms with Crippen molar-refractivity contribution in [2.45, 2.75) is 67.3 Å². The number of nitrogens with two attached hydrogens (primary N) is 1. The van der Waals surface area contributed by atoms with E-state index in [1.807, 2.05) is 0 Å². The Morgan fingerprint density at radius 3 is 2.41 bits per heavy atom. The van der Waals surface area contributed by atoms with Crippen molar-refractivity contribution in [3.63, 3.8) is 0 Å². The number of phosphoric ester groups is 1. The van der Waals surface area contributed by atoms with Gasteiger partial charge in [0.1, 0.15) is 36.6 Å². The molecular weight excluding hydrogens is 465 g/mol. The molecule has 0 saturated carbocycles. The van der Waals surface area contributed by atoms with E-state index in [1.54, 1.807) is 0 Å². The van der Waals surface area contributed by atoms with Crippen LogP contribution in [0.15, 0.2) is 0 Å². The normalized spacial score (nSPS) is 41.8. The number of methoxy groups -OCH3 is 1. The van der Waals surface area contributed by atoms with Crippen LogP contribution >= 0.6 is 7.82 Å². The Morgan fingerprint density at radius 2 is 1.88 bits per heavy atom. The minimum atomic E-state index is -5.19. The molecule has 10 N–H and O–H groups in total. The molecule has 2 heterocycles. The lowest BCUT2D eigenvalue weighted by Crippen LogP contribution is -2.65. The molecule has 0 amide bonds. The molecule has 2 rings (SSSR count). The third kappa shape index (κ3) is 5.99. The Bertz CT molecular complexity index is 692. The van der Waals surface area contributed by atoms with Gasteiger partial charge in [0.2, 0.25) is 0 Å². The first-order chi connectivity index (χ1) is 14.8. The molecule has 0 aliphatic carbocycles. The second-order valence-corrected chi connectivity index (χ2v) is 8.54. The molecule has 16 nitrogen and oxygen atoms in total. The fourth-order valence-electron chi connectivity index (χ4n) is 3.40. The van der Waals surface area contributed by atoms with E-state index >= 15 is 0 Å². The van der Waals surface area contributed by atoms with E-state index in [2.05, 4.69) is 9.26 Å². The maximum Gasteiger partial charge on any atom is 0.470 e. The third-order valence-corrected chi connectivity index (χ3v) is 5.60. The van der Waals surface area contributed by atoms with Gasteiger partial charge in [-0.05, 0) is 0 Å². The van der Waals surface area contributed by atoms with Gasteiger partial charge in [-0.15, -0.1) is 0 Å². The molecule has 17 heteroatoms. The van der Waals surface area contributed by atoms with Gasteiger partial charge in [0.05, 0.1) is 32.5 Å². The monoisotopic (exact) mass is 493 g/mol. The number of ether oxygens (including phenoxy) is 4. The first-order valence-electron chi connectivity index (χ1n) is 9.32. The molecule has 0 aromatic rings. The predicted molar refractivity (Wildman–Crippen MR) is 97.1 cm³/mol. The largest absolute Gasteiger partial charge is 0.470 e. The van der Waals surface area contributed by atoms with Crippen molar-refractivity contribution in [3.05, 3.63) is 0 Å². The molecule has 0 spiro atoms. The van der Waals surface area contributed by atoms with Gasteiger partial charge in [-0.1, -0.05) is 0 Å². The highest BCUT2D eigenvalue weighted by molar-refractivity contribution is 7.46. The molecule has 2 fully saturated rings. The highest BCUT2D eigenvalue weighted by Crippen LogP contribution is 2.41.